The van der Waals surface area contributed by atoms with Crippen molar-refractivity contribution in [3.8, 4) is 5.75 Å². The number of halogens is 2. The number of aromatic nitrogens is 1. The Morgan fingerprint density at radius 1 is 1.43 bits per heavy atom. The molecule has 0 amide bonds. The van der Waals surface area contributed by atoms with Crippen molar-refractivity contribution in [3.63, 3.8) is 0 Å². The first-order valence-electron chi connectivity index (χ1n) is 6.33. The summed E-state index contributed by atoms with van der Waals surface area (Å²) in [7, 11) is 1.68. The van der Waals surface area contributed by atoms with Crippen molar-refractivity contribution in [3.05, 3.63) is 35.5 Å². The molecule has 2 rings (SSSR count). The molecule has 1 aromatic heterocycles. The summed E-state index contributed by atoms with van der Waals surface area (Å²) in [5.41, 5.74) is 3.10. The second-order valence-corrected chi connectivity index (χ2v) is 7.35. The van der Waals surface area contributed by atoms with E-state index in [9.17, 15) is 8.42 Å². The molecule has 1 aromatic carbocycles. The first-order valence-corrected chi connectivity index (χ1v) is 9.08. The minimum Gasteiger partial charge on any atom is -0.493 e. The highest BCUT2D eigenvalue weighted by Crippen LogP contribution is 2.35. The highest BCUT2D eigenvalue weighted by atomic mass is 35.7. The van der Waals surface area contributed by atoms with Gasteiger partial charge in [-0.2, -0.15) is 0 Å². The predicted molar refractivity (Wildman–Crippen MR) is 85.8 cm³/mol. The van der Waals surface area contributed by atoms with Gasteiger partial charge in [-0.15, -0.1) is 0 Å². The first kappa shape index (κ1) is 16.2. The summed E-state index contributed by atoms with van der Waals surface area (Å²) >= 11 is 5.69. The predicted octanol–water partition coefficient (Wildman–Crippen LogP) is 4.11. The van der Waals surface area contributed by atoms with Gasteiger partial charge in [0.1, 0.15) is 10.6 Å². The zero-order valence-electron chi connectivity index (χ0n) is 11.6. The van der Waals surface area contributed by atoms with E-state index in [1.807, 2.05) is 26.0 Å². The van der Waals surface area contributed by atoms with Crippen molar-refractivity contribution in [2.75, 3.05) is 6.61 Å². The lowest BCUT2D eigenvalue weighted by atomic mass is 10.2. The number of benzene rings is 1. The van der Waals surface area contributed by atoms with E-state index < -0.39 is 9.05 Å². The van der Waals surface area contributed by atoms with Crippen molar-refractivity contribution in [2.45, 2.75) is 25.3 Å². The van der Waals surface area contributed by atoms with E-state index in [0.29, 0.717) is 24.3 Å². The number of hydrogen-bond donors (Lipinski definition) is 0. The lowest BCUT2D eigenvalue weighted by Gasteiger charge is -2.07. The molecule has 0 fully saturated rings. The molecule has 0 unspecified atom stereocenters. The highest BCUT2D eigenvalue weighted by molar-refractivity contribution is 8.14. The number of nitrogens with zero attached hydrogens (tertiary/aromatic N) is 1. The van der Waals surface area contributed by atoms with Crippen LogP contribution in [0.2, 0.25) is 0 Å². The maximum atomic E-state index is 11.8. The molecular weight excluding hydrogens is 333 g/mol. The summed E-state index contributed by atoms with van der Waals surface area (Å²) in [6.45, 7) is 4.61. The van der Waals surface area contributed by atoms with Crippen molar-refractivity contribution in [2.24, 2.45) is 0 Å². The zero-order chi connectivity index (χ0) is 15.6. The number of ether oxygens (including phenoxy) is 1. The Morgan fingerprint density at radius 2 is 2.14 bits per heavy atom. The SMILES string of the molecule is CCOc1cccc2c1c(S(=O)(=O)Cl)cn2C/C(C)=C/Cl. The van der Waals surface area contributed by atoms with Gasteiger partial charge >= 0.3 is 0 Å². The molecule has 0 radical (unpaired) electrons. The topological polar surface area (TPSA) is 48.3 Å². The van der Waals surface area contributed by atoms with Crippen LogP contribution < -0.4 is 4.74 Å². The molecule has 0 aliphatic rings. The third kappa shape index (κ3) is 3.36. The summed E-state index contributed by atoms with van der Waals surface area (Å²) in [6, 6.07) is 5.37. The summed E-state index contributed by atoms with van der Waals surface area (Å²) in [6.07, 6.45) is 1.51. The van der Waals surface area contributed by atoms with Crippen LogP contribution in [0.25, 0.3) is 10.9 Å². The fourth-order valence-electron chi connectivity index (χ4n) is 2.18. The lowest BCUT2D eigenvalue weighted by Crippen LogP contribution is -1.97. The largest absolute Gasteiger partial charge is 0.493 e. The van der Waals surface area contributed by atoms with Gasteiger partial charge in [0, 0.05) is 29.0 Å². The third-order valence-electron chi connectivity index (χ3n) is 3.00. The number of allylic oxidation sites excluding steroid dienone is 1. The Kier molecular flexibility index (Phi) is 4.86. The fraction of sp³-hybridized carbons (Fsp3) is 0.286. The molecule has 7 heteroatoms. The smallest absolute Gasteiger partial charge is 0.263 e. The minimum absolute atomic E-state index is 0.0468. The molecule has 21 heavy (non-hydrogen) atoms. The summed E-state index contributed by atoms with van der Waals surface area (Å²) in [4.78, 5) is 0.0468. The summed E-state index contributed by atoms with van der Waals surface area (Å²) < 4.78 is 31.0. The van der Waals surface area contributed by atoms with Crippen molar-refractivity contribution in [1.29, 1.82) is 0 Å². The van der Waals surface area contributed by atoms with E-state index in [2.05, 4.69) is 0 Å². The summed E-state index contributed by atoms with van der Waals surface area (Å²) in [5.74, 6) is 0.500. The average molecular weight is 348 g/mol. The van der Waals surface area contributed by atoms with Gasteiger partial charge in [0.15, 0.2) is 0 Å². The molecule has 2 aromatic rings. The van der Waals surface area contributed by atoms with Gasteiger partial charge in [0.25, 0.3) is 9.05 Å². The first-order chi connectivity index (χ1) is 9.88. The molecular formula is C14H15Cl2NO3S. The number of fused-ring (bicyclic) bond motifs is 1. The standard InChI is InChI=1S/C14H15Cl2NO3S/c1-3-20-12-6-4-5-11-14(12)13(21(16,18)19)9-17(11)8-10(2)7-15/h4-7,9H,3,8H2,1-2H3/b10-7+. The average Bonchev–Trinajstić information content (AvgIpc) is 2.79. The van der Waals surface area contributed by atoms with E-state index in [0.717, 1.165) is 11.1 Å². The van der Waals surface area contributed by atoms with Crippen molar-refractivity contribution >= 4 is 42.2 Å². The van der Waals surface area contributed by atoms with Crippen molar-refractivity contribution in [1.82, 2.24) is 4.57 Å². The molecule has 1 heterocycles. The van der Waals surface area contributed by atoms with Gasteiger partial charge in [0.05, 0.1) is 17.5 Å². The van der Waals surface area contributed by atoms with Gasteiger partial charge in [-0.1, -0.05) is 17.7 Å². The Labute approximate surface area is 133 Å². The summed E-state index contributed by atoms with van der Waals surface area (Å²) in [5, 5.41) is 0.497. The van der Waals surface area contributed by atoms with Crippen LogP contribution in [0.1, 0.15) is 13.8 Å². The maximum absolute atomic E-state index is 11.8. The minimum atomic E-state index is -3.87. The second kappa shape index (κ2) is 6.30. The molecule has 0 saturated heterocycles. The highest BCUT2D eigenvalue weighted by Gasteiger charge is 2.22. The van der Waals surface area contributed by atoms with E-state index in [4.69, 9.17) is 27.0 Å². The molecule has 0 spiro atoms. The van der Waals surface area contributed by atoms with Gasteiger partial charge in [-0.05, 0) is 31.6 Å². The van der Waals surface area contributed by atoms with Gasteiger partial charge in [0.2, 0.25) is 0 Å². The molecule has 4 nitrogen and oxygen atoms in total. The number of hydrogen-bond acceptors (Lipinski definition) is 3. The van der Waals surface area contributed by atoms with Crippen LogP contribution in [-0.4, -0.2) is 19.6 Å². The van der Waals surface area contributed by atoms with Gasteiger partial charge in [-0.25, -0.2) is 8.42 Å². The second-order valence-electron chi connectivity index (χ2n) is 4.60. The van der Waals surface area contributed by atoms with Crippen LogP contribution in [0.3, 0.4) is 0 Å². The monoisotopic (exact) mass is 347 g/mol. The Balaban J connectivity index is 2.76. The molecule has 0 aliphatic heterocycles. The molecule has 114 valence electrons. The van der Waals surface area contributed by atoms with Gasteiger partial charge < -0.3 is 9.30 Å². The van der Waals surface area contributed by atoms with Crippen LogP contribution in [0.5, 0.6) is 5.75 Å². The van der Waals surface area contributed by atoms with Crippen LogP contribution in [0.4, 0.5) is 0 Å². The molecule has 0 aliphatic carbocycles. The third-order valence-corrected chi connectivity index (χ3v) is 4.71. The maximum Gasteiger partial charge on any atom is 0.263 e. The Hall–Kier alpha value is -1.17. The van der Waals surface area contributed by atoms with E-state index >= 15 is 0 Å². The Bertz CT molecular complexity index is 794. The van der Waals surface area contributed by atoms with Crippen LogP contribution >= 0.6 is 22.3 Å². The van der Waals surface area contributed by atoms with Crippen LogP contribution in [-0.2, 0) is 15.6 Å². The quantitative estimate of drug-likeness (QED) is 0.764. The molecule has 0 atom stereocenters. The normalized spacial score (nSPS) is 12.9. The molecule has 0 bridgehead atoms. The molecule has 0 saturated carbocycles. The van der Waals surface area contributed by atoms with E-state index in [1.165, 1.54) is 11.7 Å². The number of rotatable bonds is 5. The Morgan fingerprint density at radius 3 is 2.71 bits per heavy atom. The zero-order valence-corrected chi connectivity index (χ0v) is 14.0. The van der Waals surface area contributed by atoms with Gasteiger partial charge in [-0.3, -0.25) is 0 Å². The van der Waals surface area contributed by atoms with E-state index in [-0.39, 0.29) is 4.90 Å². The van der Waals surface area contributed by atoms with E-state index in [1.54, 1.807) is 10.6 Å². The van der Waals surface area contributed by atoms with Crippen LogP contribution in [0.15, 0.2) is 40.4 Å². The van der Waals surface area contributed by atoms with Crippen molar-refractivity contribution < 1.29 is 13.2 Å². The van der Waals surface area contributed by atoms with Crippen LogP contribution in [0, 0.1) is 0 Å². The lowest BCUT2D eigenvalue weighted by molar-refractivity contribution is 0.344. The fourth-order valence-corrected chi connectivity index (χ4v) is 3.30. The molecule has 0 N–H and O–H groups in total.